The van der Waals surface area contributed by atoms with E-state index < -0.39 is 60.7 Å². The molecule has 2 saturated heterocycles. The Kier molecular flexibility index (Phi) is 8.23. The van der Waals surface area contributed by atoms with Crippen LogP contribution in [0, 0.1) is 11.8 Å². The van der Waals surface area contributed by atoms with Crippen LogP contribution in [0.5, 0.6) is 0 Å². The lowest BCUT2D eigenvalue weighted by Gasteiger charge is -2.30. The van der Waals surface area contributed by atoms with Gasteiger partial charge >= 0.3 is 6.09 Å². The van der Waals surface area contributed by atoms with Gasteiger partial charge in [-0.1, -0.05) is 45.9 Å². The number of methoxy groups -OCH3 is 1. The van der Waals surface area contributed by atoms with Gasteiger partial charge in [-0.2, -0.15) is 0 Å². The molecule has 5 aromatic rings. The number of benzene rings is 2. The Morgan fingerprint density at radius 1 is 0.944 bits per heavy atom. The van der Waals surface area contributed by atoms with E-state index in [-0.39, 0.29) is 49.8 Å². The van der Waals surface area contributed by atoms with Crippen LogP contribution < -0.4 is 10.6 Å². The van der Waals surface area contributed by atoms with Crippen molar-refractivity contribution in [1.29, 1.82) is 0 Å². The van der Waals surface area contributed by atoms with Gasteiger partial charge in [-0.15, -0.1) is 11.3 Å². The van der Waals surface area contributed by atoms with Gasteiger partial charge in [0, 0.05) is 35.8 Å². The van der Waals surface area contributed by atoms with E-state index in [1.54, 1.807) is 27.7 Å². The van der Waals surface area contributed by atoms with Crippen LogP contribution in [0.1, 0.15) is 93.5 Å². The Bertz CT molecular complexity index is 2560. The third-order valence-electron chi connectivity index (χ3n) is 9.77. The number of aromatic nitrogens is 4. The molecule has 13 nitrogen and oxygen atoms in total. The number of imidazole rings is 2. The predicted molar refractivity (Wildman–Crippen MR) is 208 cm³/mol. The first-order chi connectivity index (χ1) is 28.5. The molecule has 4 atom stereocenters. The Morgan fingerprint density at radius 2 is 1.65 bits per heavy atom. The highest BCUT2D eigenvalue weighted by Crippen LogP contribution is 2.39. The minimum atomic E-state index is -2.13. The second kappa shape index (κ2) is 15.2. The first-order valence-electron chi connectivity index (χ1n) is 21.4. The van der Waals surface area contributed by atoms with Gasteiger partial charge in [0.05, 0.1) is 51.1 Å². The van der Waals surface area contributed by atoms with Crippen LogP contribution in [0.4, 0.5) is 4.79 Å². The molecule has 14 heteroatoms. The van der Waals surface area contributed by atoms with Crippen LogP contribution in [0.2, 0.25) is 0 Å². The van der Waals surface area contributed by atoms with Crippen LogP contribution in [0.15, 0.2) is 48.6 Å². The smallest absolute Gasteiger partial charge is 0.407 e. The van der Waals surface area contributed by atoms with Crippen molar-refractivity contribution in [3.05, 3.63) is 60.3 Å². The fourth-order valence-electron chi connectivity index (χ4n) is 6.95. The van der Waals surface area contributed by atoms with Gasteiger partial charge in [0.25, 0.3) is 0 Å². The summed E-state index contributed by atoms with van der Waals surface area (Å²) >= 11 is 1.22. The number of carbonyl (C=O) groups excluding carboxylic acids is 4. The Hall–Kier alpha value is -5.24. The molecule has 2 fully saturated rings. The van der Waals surface area contributed by atoms with E-state index in [0.29, 0.717) is 43.7 Å². The lowest BCUT2D eigenvalue weighted by atomic mass is 10.0. The highest BCUT2D eigenvalue weighted by atomic mass is 32.1. The highest BCUT2D eigenvalue weighted by Gasteiger charge is 2.39. The number of nitrogens with zero attached hydrogens (tertiary/aromatic N) is 4. The molecule has 0 spiro atoms. The molecule has 4 amide bonds. The number of alkyl carbamates (subject to hydrolysis) is 1. The van der Waals surface area contributed by atoms with E-state index in [0.717, 1.165) is 17.9 Å². The normalized spacial score (nSPS) is 22.9. The number of hydrogen-bond donors (Lipinski definition) is 4. The zero-order valence-corrected chi connectivity index (χ0v) is 31.7. The van der Waals surface area contributed by atoms with Crippen molar-refractivity contribution < 1.29 is 33.5 Å². The topological polar surface area (TPSA) is 165 Å². The van der Waals surface area contributed by atoms with Crippen molar-refractivity contribution in [1.82, 2.24) is 40.4 Å². The Morgan fingerprint density at radius 3 is 2.33 bits per heavy atom. The Balaban J connectivity index is 1.18. The van der Waals surface area contributed by atoms with Crippen LogP contribution >= 0.6 is 11.3 Å². The van der Waals surface area contributed by atoms with E-state index in [1.165, 1.54) is 34.3 Å². The number of rotatable bonds is 10. The van der Waals surface area contributed by atoms with Crippen molar-refractivity contribution >= 4 is 57.0 Å². The van der Waals surface area contributed by atoms with Crippen molar-refractivity contribution in [3.63, 3.8) is 0 Å². The number of fused-ring (bicyclic) bond motifs is 3. The molecule has 284 valence electrons. The molecule has 0 saturated carbocycles. The number of hydrogen-bond acceptors (Lipinski definition) is 8. The van der Waals surface area contributed by atoms with Gasteiger partial charge in [-0.3, -0.25) is 14.4 Å². The summed E-state index contributed by atoms with van der Waals surface area (Å²) in [6.45, 7) is 7.68. The molecule has 7 rings (SSSR count). The van der Waals surface area contributed by atoms with Crippen molar-refractivity contribution in [2.75, 3.05) is 20.2 Å². The third kappa shape index (κ3) is 7.18. The molecule has 4 N–H and O–H groups in total. The fraction of sp³-hybridized carbons (Fsp3) is 0.450. The third-order valence-corrected chi connectivity index (χ3v) is 10.8. The Labute approximate surface area is 328 Å². The number of H-pyrrole nitrogens is 2. The van der Waals surface area contributed by atoms with Crippen LogP contribution in [-0.2, 0) is 19.1 Å². The van der Waals surface area contributed by atoms with E-state index in [4.69, 9.17) is 14.6 Å². The van der Waals surface area contributed by atoms with Crippen LogP contribution in [-0.4, -0.2) is 85.8 Å². The minimum Gasteiger partial charge on any atom is -0.453 e. The second-order valence-corrected chi connectivity index (χ2v) is 15.2. The van der Waals surface area contributed by atoms with E-state index in [1.807, 2.05) is 30.3 Å². The van der Waals surface area contributed by atoms with Crippen LogP contribution in [0.3, 0.4) is 0 Å². The lowest BCUT2D eigenvalue weighted by Crippen LogP contribution is -2.51. The lowest BCUT2D eigenvalue weighted by molar-refractivity contribution is -0.138. The molecule has 54 heavy (non-hydrogen) atoms. The highest BCUT2D eigenvalue weighted by molar-refractivity contribution is 7.18. The standard InChI is InChI=1S/C40H48N8O5S/c1-21(2)33(42-23(5)49)38(50)47-17-7-9-29(47)36-41-20-28(44-36)32-16-15-31(54-32)25-11-13-26-24(19-25)12-14-27-35(26)45-37(43-27)30-10-8-18-48(30)39(51)34(22(3)4)46-40(52)53-6/h11-16,19-22,29-30,33-34H,7-10,17-18H2,1-6H3,(H,41,44)(H,42,49)(H,43,45)(H,46,52)/t29-,30-,33?,34?/m0/s1/i7D2,8D2,15D,16D,34D. The molecule has 0 aliphatic carbocycles. The molecule has 2 aromatic carbocycles. The molecule has 0 radical (unpaired) electrons. The summed E-state index contributed by atoms with van der Waals surface area (Å²) in [5.74, 6) is -1.82. The van der Waals surface area contributed by atoms with Crippen molar-refractivity contribution in [2.24, 2.45) is 11.8 Å². The first kappa shape index (κ1) is 29.2. The molecule has 0 bridgehead atoms. The van der Waals surface area contributed by atoms with Crippen molar-refractivity contribution in [2.45, 2.75) is 84.3 Å². The van der Waals surface area contributed by atoms with Crippen molar-refractivity contribution in [3.8, 4) is 21.0 Å². The summed E-state index contributed by atoms with van der Waals surface area (Å²) in [6.07, 6.45) is -3.03. The maximum Gasteiger partial charge on any atom is 0.407 e. The summed E-state index contributed by atoms with van der Waals surface area (Å²) in [5.41, 5.74) is 2.32. The monoisotopic (exact) mass is 759 g/mol. The SMILES string of the molecule is [2H]c1c(-c2ccc3c(ccc4[nH]c([C@@H]5CC([2H])([2H])CN5C(=O)C([2H])(NC(=O)OC)C(C)C)nc43)c2)sc(-c2cnc([C@@H]3CC([2H])([2H])CN3C(=O)C(NC(C)=O)C(C)C)[nH]2)c1[2H]. The van der Waals surface area contributed by atoms with E-state index in [9.17, 15) is 19.2 Å². The minimum absolute atomic E-state index is 0.00320. The van der Waals surface area contributed by atoms with E-state index >= 15 is 0 Å². The van der Waals surface area contributed by atoms with Gasteiger partial charge < -0.3 is 35.1 Å². The summed E-state index contributed by atoms with van der Waals surface area (Å²) in [7, 11) is 1.13. The van der Waals surface area contributed by atoms with Gasteiger partial charge in [-0.25, -0.2) is 14.8 Å². The van der Waals surface area contributed by atoms with Gasteiger partial charge in [0.2, 0.25) is 17.7 Å². The summed E-state index contributed by atoms with van der Waals surface area (Å²) < 4.78 is 65.5. The summed E-state index contributed by atoms with van der Waals surface area (Å²) in [4.78, 5) is 71.2. The molecule has 2 aliphatic rings. The quantitative estimate of drug-likeness (QED) is 0.123. The zero-order valence-electron chi connectivity index (χ0n) is 37.9. The molecule has 2 aliphatic heterocycles. The second-order valence-electron chi connectivity index (χ2n) is 14.2. The molecular formula is C40H48N8O5S. The molecule has 3 aromatic heterocycles. The maximum atomic E-state index is 14.0. The first-order valence-corrected chi connectivity index (χ1v) is 18.7. The van der Waals surface area contributed by atoms with Gasteiger partial charge in [0.15, 0.2) is 0 Å². The number of aromatic amines is 2. The number of nitrogens with one attached hydrogen (secondary N) is 4. The summed E-state index contributed by atoms with van der Waals surface area (Å²) in [5, 5.41) is 6.54. The maximum absolute atomic E-state index is 14.0. The number of likely N-dealkylation sites (tertiary alicyclic amines) is 2. The largest absolute Gasteiger partial charge is 0.453 e. The predicted octanol–water partition coefficient (Wildman–Crippen LogP) is 6.70. The van der Waals surface area contributed by atoms with Gasteiger partial charge in [-0.05, 0) is 72.6 Å². The molecular weight excluding hydrogens is 705 g/mol. The number of carbonyl (C=O) groups is 4. The zero-order chi connectivity index (χ0) is 44.5. The summed E-state index contributed by atoms with van der Waals surface area (Å²) in [6, 6.07) is 4.64. The molecule has 2 unspecified atom stereocenters. The van der Waals surface area contributed by atoms with E-state index in [2.05, 4.69) is 30.3 Å². The number of ether oxygens (including phenoxy) is 1. The van der Waals surface area contributed by atoms with Crippen LogP contribution in [0.25, 0.3) is 42.8 Å². The number of thiophene rings is 1. The average Bonchev–Trinajstić information content (AvgIpc) is 4.02. The average molecular weight is 760 g/mol. The van der Waals surface area contributed by atoms with Gasteiger partial charge in [0.1, 0.15) is 23.7 Å². The molecule has 5 heterocycles. The number of amides is 4. The fourth-order valence-corrected chi connectivity index (χ4v) is 7.82.